The molecule has 116 valence electrons. The summed E-state index contributed by atoms with van der Waals surface area (Å²) in [6.07, 6.45) is 3.69. The number of hydrogen-bond acceptors (Lipinski definition) is 3. The topological polar surface area (TPSA) is 35.5 Å². The molecule has 0 radical (unpaired) electrons. The second kappa shape index (κ2) is 6.91. The van der Waals surface area contributed by atoms with Crippen molar-refractivity contribution < 1.29 is 5.11 Å². The van der Waals surface area contributed by atoms with Crippen molar-refractivity contribution in [3.8, 4) is 0 Å². The Bertz CT molecular complexity index is 430. The summed E-state index contributed by atoms with van der Waals surface area (Å²) < 4.78 is 0. The first-order chi connectivity index (χ1) is 10.2. The second-order valence-corrected chi connectivity index (χ2v) is 6.96. The van der Waals surface area contributed by atoms with E-state index in [1.165, 1.54) is 24.9 Å². The maximum absolute atomic E-state index is 9.99. The SMILES string of the molecule is CC(O)C1CC(NCc2ccccc2)CN(CC2CC2)C1. The van der Waals surface area contributed by atoms with Gasteiger partial charge in [0.2, 0.25) is 0 Å². The number of nitrogens with one attached hydrogen (secondary N) is 1. The van der Waals surface area contributed by atoms with Crippen LogP contribution in [0.2, 0.25) is 0 Å². The molecule has 0 spiro atoms. The zero-order chi connectivity index (χ0) is 14.7. The van der Waals surface area contributed by atoms with E-state index in [1.807, 2.05) is 6.92 Å². The van der Waals surface area contributed by atoms with Crippen molar-refractivity contribution >= 4 is 0 Å². The standard InChI is InChI=1S/C18H28N2O/c1-14(21)17-9-18(13-20(12-17)11-16-7-8-16)19-10-15-5-3-2-4-6-15/h2-6,14,16-19,21H,7-13H2,1H3. The lowest BCUT2D eigenvalue weighted by Gasteiger charge is -2.39. The summed E-state index contributed by atoms with van der Waals surface area (Å²) in [4.78, 5) is 2.57. The summed E-state index contributed by atoms with van der Waals surface area (Å²) in [5.41, 5.74) is 1.34. The Morgan fingerprint density at radius 1 is 1.24 bits per heavy atom. The highest BCUT2D eigenvalue weighted by molar-refractivity contribution is 5.14. The Balaban J connectivity index is 1.54. The monoisotopic (exact) mass is 288 g/mol. The summed E-state index contributed by atoms with van der Waals surface area (Å²) in [5.74, 6) is 1.33. The van der Waals surface area contributed by atoms with Crippen molar-refractivity contribution in [2.45, 2.75) is 44.9 Å². The highest BCUT2D eigenvalue weighted by atomic mass is 16.3. The maximum Gasteiger partial charge on any atom is 0.0553 e. The van der Waals surface area contributed by atoms with E-state index >= 15 is 0 Å². The van der Waals surface area contributed by atoms with Crippen LogP contribution in [-0.4, -0.2) is 41.8 Å². The third-order valence-corrected chi connectivity index (χ3v) is 4.89. The Hall–Kier alpha value is -0.900. The fourth-order valence-corrected chi connectivity index (χ4v) is 3.40. The Labute approximate surface area is 128 Å². The molecule has 1 aromatic rings. The van der Waals surface area contributed by atoms with Gasteiger partial charge < -0.3 is 15.3 Å². The van der Waals surface area contributed by atoms with E-state index in [0.717, 1.165) is 32.0 Å². The Morgan fingerprint density at radius 2 is 2.00 bits per heavy atom. The van der Waals surface area contributed by atoms with Gasteiger partial charge in [0.1, 0.15) is 0 Å². The zero-order valence-corrected chi connectivity index (χ0v) is 13.0. The van der Waals surface area contributed by atoms with Gasteiger partial charge in [0.05, 0.1) is 6.10 Å². The molecule has 3 heteroatoms. The summed E-state index contributed by atoms with van der Waals surface area (Å²) >= 11 is 0. The number of piperidine rings is 1. The van der Waals surface area contributed by atoms with Gasteiger partial charge in [0.25, 0.3) is 0 Å². The van der Waals surface area contributed by atoms with Gasteiger partial charge in [-0.05, 0) is 43.6 Å². The summed E-state index contributed by atoms with van der Waals surface area (Å²) in [6.45, 7) is 6.30. The largest absolute Gasteiger partial charge is 0.393 e. The van der Waals surface area contributed by atoms with Crippen LogP contribution >= 0.6 is 0 Å². The number of nitrogens with zero attached hydrogens (tertiary/aromatic N) is 1. The number of rotatable bonds is 6. The van der Waals surface area contributed by atoms with Crippen LogP contribution in [0.25, 0.3) is 0 Å². The third kappa shape index (κ3) is 4.53. The van der Waals surface area contributed by atoms with Gasteiger partial charge in [-0.3, -0.25) is 0 Å². The molecular formula is C18H28N2O. The highest BCUT2D eigenvalue weighted by Crippen LogP contribution is 2.31. The third-order valence-electron chi connectivity index (χ3n) is 4.89. The molecule has 0 bridgehead atoms. The molecule has 3 unspecified atom stereocenters. The van der Waals surface area contributed by atoms with Gasteiger partial charge in [0.15, 0.2) is 0 Å². The first kappa shape index (κ1) is 15.0. The van der Waals surface area contributed by atoms with E-state index in [0.29, 0.717) is 12.0 Å². The normalized spacial score (nSPS) is 28.5. The summed E-state index contributed by atoms with van der Waals surface area (Å²) in [5, 5.41) is 13.7. The van der Waals surface area contributed by atoms with Gasteiger partial charge in [-0.1, -0.05) is 30.3 Å². The first-order valence-corrected chi connectivity index (χ1v) is 8.38. The van der Waals surface area contributed by atoms with Crippen LogP contribution in [0.15, 0.2) is 30.3 Å². The molecule has 2 N–H and O–H groups in total. The fraction of sp³-hybridized carbons (Fsp3) is 0.667. The van der Waals surface area contributed by atoms with Crippen molar-refractivity contribution in [3.63, 3.8) is 0 Å². The molecule has 1 saturated carbocycles. The molecule has 1 saturated heterocycles. The van der Waals surface area contributed by atoms with E-state index in [1.54, 1.807) is 0 Å². The molecule has 1 aliphatic heterocycles. The van der Waals surface area contributed by atoms with Crippen LogP contribution in [0, 0.1) is 11.8 Å². The van der Waals surface area contributed by atoms with Gasteiger partial charge in [-0.25, -0.2) is 0 Å². The molecule has 1 aromatic carbocycles. The highest BCUT2D eigenvalue weighted by Gasteiger charge is 2.32. The van der Waals surface area contributed by atoms with E-state index in [2.05, 4.69) is 40.5 Å². The van der Waals surface area contributed by atoms with Crippen molar-refractivity contribution in [3.05, 3.63) is 35.9 Å². The van der Waals surface area contributed by atoms with Gasteiger partial charge in [0, 0.05) is 32.2 Å². The predicted octanol–water partition coefficient (Wildman–Crippen LogP) is 2.26. The average molecular weight is 288 g/mol. The number of aliphatic hydroxyl groups is 1. The second-order valence-electron chi connectivity index (χ2n) is 6.96. The molecule has 0 aromatic heterocycles. The van der Waals surface area contributed by atoms with Crippen molar-refractivity contribution in [1.82, 2.24) is 10.2 Å². The lowest BCUT2D eigenvalue weighted by atomic mass is 9.90. The fourth-order valence-electron chi connectivity index (χ4n) is 3.40. The molecule has 1 aliphatic carbocycles. The molecule has 3 rings (SSSR count). The van der Waals surface area contributed by atoms with Gasteiger partial charge in [-0.2, -0.15) is 0 Å². The number of likely N-dealkylation sites (tertiary alicyclic amines) is 1. The summed E-state index contributed by atoms with van der Waals surface area (Å²) in [7, 11) is 0. The quantitative estimate of drug-likeness (QED) is 0.843. The number of aliphatic hydroxyl groups excluding tert-OH is 1. The average Bonchev–Trinajstić information content (AvgIpc) is 3.30. The van der Waals surface area contributed by atoms with Crippen molar-refractivity contribution in [2.24, 2.45) is 11.8 Å². The predicted molar refractivity (Wildman–Crippen MR) is 86.0 cm³/mol. The van der Waals surface area contributed by atoms with E-state index in [9.17, 15) is 5.11 Å². The van der Waals surface area contributed by atoms with Crippen LogP contribution in [0.4, 0.5) is 0 Å². The Morgan fingerprint density at radius 3 is 2.67 bits per heavy atom. The minimum Gasteiger partial charge on any atom is -0.393 e. The van der Waals surface area contributed by atoms with E-state index in [4.69, 9.17) is 0 Å². The molecule has 2 fully saturated rings. The molecular weight excluding hydrogens is 260 g/mol. The Kier molecular flexibility index (Phi) is 4.94. The molecule has 3 atom stereocenters. The number of hydrogen-bond donors (Lipinski definition) is 2. The minimum atomic E-state index is -0.201. The van der Waals surface area contributed by atoms with Crippen molar-refractivity contribution in [2.75, 3.05) is 19.6 Å². The molecule has 2 aliphatic rings. The van der Waals surface area contributed by atoms with Crippen LogP contribution in [-0.2, 0) is 6.54 Å². The van der Waals surface area contributed by atoms with E-state index < -0.39 is 0 Å². The first-order valence-electron chi connectivity index (χ1n) is 8.38. The van der Waals surface area contributed by atoms with Gasteiger partial charge in [-0.15, -0.1) is 0 Å². The smallest absolute Gasteiger partial charge is 0.0553 e. The molecule has 1 heterocycles. The lowest BCUT2D eigenvalue weighted by molar-refractivity contribution is 0.0459. The lowest BCUT2D eigenvalue weighted by Crippen LogP contribution is -2.51. The van der Waals surface area contributed by atoms with Crippen molar-refractivity contribution in [1.29, 1.82) is 0 Å². The molecule has 0 amide bonds. The molecule has 3 nitrogen and oxygen atoms in total. The van der Waals surface area contributed by atoms with Crippen LogP contribution in [0.5, 0.6) is 0 Å². The molecule has 21 heavy (non-hydrogen) atoms. The van der Waals surface area contributed by atoms with Crippen LogP contribution < -0.4 is 5.32 Å². The maximum atomic E-state index is 9.99. The minimum absolute atomic E-state index is 0.201. The summed E-state index contributed by atoms with van der Waals surface area (Å²) in [6, 6.07) is 11.1. The van der Waals surface area contributed by atoms with Crippen LogP contribution in [0.1, 0.15) is 31.7 Å². The van der Waals surface area contributed by atoms with Crippen LogP contribution in [0.3, 0.4) is 0 Å². The van der Waals surface area contributed by atoms with Gasteiger partial charge >= 0.3 is 0 Å². The number of benzene rings is 1. The zero-order valence-electron chi connectivity index (χ0n) is 13.0. The van der Waals surface area contributed by atoms with E-state index in [-0.39, 0.29) is 6.10 Å².